The molecule has 4 aromatic carbocycles. The lowest BCUT2D eigenvalue weighted by Gasteiger charge is -2.26. The number of halogens is 1. The summed E-state index contributed by atoms with van der Waals surface area (Å²) in [6.45, 7) is 5.91. The van der Waals surface area contributed by atoms with Gasteiger partial charge < -0.3 is 4.74 Å². The minimum Gasteiger partial charge on any atom is -0.497 e. The summed E-state index contributed by atoms with van der Waals surface area (Å²) in [4.78, 5) is 0.0939. The van der Waals surface area contributed by atoms with Crippen molar-refractivity contribution in [2.45, 2.75) is 17.9 Å². The van der Waals surface area contributed by atoms with E-state index in [9.17, 15) is 8.42 Å². The number of allylic oxidation sites excluding steroid dienone is 2. The largest absolute Gasteiger partial charge is 0.497 e. The Morgan fingerprint density at radius 3 is 2.08 bits per heavy atom. The Morgan fingerprint density at radius 1 is 0.865 bits per heavy atom. The van der Waals surface area contributed by atoms with E-state index < -0.39 is 21.9 Å². The fraction of sp³-hybridized carbons (Fsp3) is 0.0968. The van der Waals surface area contributed by atoms with E-state index in [-0.39, 0.29) is 10.5 Å². The van der Waals surface area contributed by atoms with E-state index in [2.05, 4.69) is 11.3 Å². The Hall–Kier alpha value is -4.00. The Morgan fingerprint density at radius 2 is 1.49 bits per heavy atom. The molecule has 6 heteroatoms. The predicted octanol–water partition coefficient (Wildman–Crippen LogP) is 6.96. The van der Waals surface area contributed by atoms with Crippen LogP contribution in [0.25, 0.3) is 11.1 Å². The van der Waals surface area contributed by atoms with E-state index in [0.29, 0.717) is 16.9 Å². The molecule has 0 bridgehead atoms. The fourth-order valence-corrected chi connectivity index (χ4v) is 5.36. The second kappa shape index (κ2) is 11.4. The van der Waals surface area contributed by atoms with Crippen molar-refractivity contribution in [3.05, 3.63) is 144 Å². The Kier molecular flexibility index (Phi) is 8.01. The van der Waals surface area contributed by atoms with Crippen LogP contribution in [0.2, 0.25) is 0 Å². The highest BCUT2D eigenvalue weighted by Crippen LogP contribution is 2.39. The lowest BCUT2D eigenvalue weighted by molar-refractivity contribution is 0.415. The van der Waals surface area contributed by atoms with Crippen molar-refractivity contribution in [1.82, 2.24) is 4.72 Å². The van der Waals surface area contributed by atoms with Gasteiger partial charge in [0.15, 0.2) is 0 Å². The van der Waals surface area contributed by atoms with E-state index in [0.717, 1.165) is 16.7 Å². The molecule has 0 aliphatic carbocycles. The highest BCUT2D eigenvalue weighted by atomic mass is 32.2. The summed E-state index contributed by atoms with van der Waals surface area (Å²) < 4.78 is 50.6. The van der Waals surface area contributed by atoms with Gasteiger partial charge in [-0.1, -0.05) is 91.0 Å². The van der Waals surface area contributed by atoms with Gasteiger partial charge in [-0.25, -0.2) is 12.8 Å². The van der Waals surface area contributed by atoms with Gasteiger partial charge >= 0.3 is 0 Å². The molecule has 1 N–H and O–H groups in total. The first kappa shape index (κ1) is 26.1. The lowest BCUT2D eigenvalue weighted by Crippen LogP contribution is -2.30. The summed E-state index contributed by atoms with van der Waals surface area (Å²) in [7, 11) is -2.45. The zero-order valence-electron chi connectivity index (χ0n) is 20.7. The van der Waals surface area contributed by atoms with Gasteiger partial charge in [0, 0.05) is 5.56 Å². The molecule has 4 nitrogen and oxygen atoms in total. The van der Waals surface area contributed by atoms with Crippen LogP contribution in [-0.2, 0) is 10.0 Å². The minimum atomic E-state index is -4.03. The van der Waals surface area contributed by atoms with Crippen LogP contribution in [0.1, 0.15) is 28.3 Å². The van der Waals surface area contributed by atoms with E-state index in [1.54, 1.807) is 55.7 Å². The van der Waals surface area contributed by atoms with Crippen molar-refractivity contribution >= 4 is 21.2 Å². The van der Waals surface area contributed by atoms with Crippen molar-refractivity contribution in [3.8, 4) is 5.75 Å². The van der Waals surface area contributed by atoms with Crippen LogP contribution >= 0.6 is 0 Å². The molecule has 188 valence electrons. The summed E-state index contributed by atoms with van der Waals surface area (Å²) >= 11 is 0. The smallest absolute Gasteiger partial charge is 0.241 e. The lowest BCUT2D eigenvalue weighted by atomic mass is 9.86. The van der Waals surface area contributed by atoms with Crippen molar-refractivity contribution in [3.63, 3.8) is 0 Å². The summed E-state index contributed by atoms with van der Waals surface area (Å²) in [5, 5.41) is 0. The van der Waals surface area contributed by atoms with Crippen molar-refractivity contribution in [2.75, 3.05) is 7.11 Å². The van der Waals surface area contributed by atoms with Gasteiger partial charge in [0.05, 0.1) is 18.0 Å². The van der Waals surface area contributed by atoms with E-state index >= 15 is 4.39 Å². The number of aryl methyl sites for hydroxylation is 1. The maximum absolute atomic E-state index is 15.3. The van der Waals surface area contributed by atoms with Gasteiger partial charge in [0.2, 0.25) is 10.0 Å². The molecule has 4 rings (SSSR count). The topological polar surface area (TPSA) is 55.4 Å². The van der Waals surface area contributed by atoms with E-state index in [4.69, 9.17) is 4.74 Å². The number of hydrogen-bond acceptors (Lipinski definition) is 3. The van der Waals surface area contributed by atoms with Crippen LogP contribution in [0.4, 0.5) is 4.39 Å². The first-order chi connectivity index (χ1) is 17.8. The zero-order valence-corrected chi connectivity index (χ0v) is 21.5. The average molecular weight is 514 g/mol. The number of sulfonamides is 1. The van der Waals surface area contributed by atoms with Crippen LogP contribution in [0.3, 0.4) is 0 Å². The third-order valence-electron chi connectivity index (χ3n) is 6.09. The number of benzene rings is 4. The van der Waals surface area contributed by atoms with Crippen LogP contribution in [-0.4, -0.2) is 15.5 Å². The van der Waals surface area contributed by atoms with Crippen molar-refractivity contribution < 1.29 is 17.5 Å². The van der Waals surface area contributed by atoms with Gasteiger partial charge in [-0.2, -0.15) is 4.72 Å². The minimum absolute atomic E-state index is 0.0939. The van der Waals surface area contributed by atoms with Crippen LogP contribution < -0.4 is 9.46 Å². The molecule has 0 aliphatic rings. The van der Waals surface area contributed by atoms with Crippen LogP contribution in [0.5, 0.6) is 5.75 Å². The van der Waals surface area contributed by atoms with Gasteiger partial charge in [0.1, 0.15) is 11.6 Å². The number of methoxy groups -OCH3 is 1. The first-order valence-electron chi connectivity index (χ1n) is 11.7. The Bertz CT molecular complexity index is 1510. The molecule has 37 heavy (non-hydrogen) atoms. The summed E-state index contributed by atoms with van der Waals surface area (Å²) in [5.41, 5.74) is 3.88. The molecular weight excluding hydrogens is 485 g/mol. The molecule has 0 spiro atoms. The summed E-state index contributed by atoms with van der Waals surface area (Å²) in [6.07, 6.45) is 1.66. The SMILES string of the molecule is C=C/C(=C(\c1ccccc1)[C@H](NS(=O)(=O)c1ccc(C)cc1)c1ccccc1F)c1ccc(OC)cc1. The molecule has 1 atom stereocenters. The molecule has 0 aliphatic heterocycles. The average Bonchev–Trinajstić information content (AvgIpc) is 2.92. The Balaban J connectivity index is 1.99. The summed E-state index contributed by atoms with van der Waals surface area (Å²) in [6, 6.07) is 28.4. The molecule has 0 saturated carbocycles. The molecule has 0 fully saturated rings. The molecule has 0 radical (unpaired) electrons. The first-order valence-corrected chi connectivity index (χ1v) is 13.2. The van der Waals surface area contributed by atoms with Gasteiger partial charge in [-0.3, -0.25) is 0 Å². The second-order valence-electron chi connectivity index (χ2n) is 8.51. The monoisotopic (exact) mass is 513 g/mol. The van der Waals surface area contributed by atoms with Crippen molar-refractivity contribution in [2.24, 2.45) is 0 Å². The quantitative estimate of drug-likeness (QED) is 0.194. The maximum atomic E-state index is 15.3. The van der Waals surface area contributed by atoms with Crippen LogP contribution in [0.15, 0.2) is 121 Å². The fourth-order valence-electron chi connectivity index (χ4n) is 4.18. The molecule has 0 unspecified atom stereocenters. The molecule has 0 heterocycles. The number of nitrogens with one attached hydrogen (secondary N) is 1. The van der Waals surface area contributed by atoms with Gasteiger partial charge in [0.25, 0.3) is 0 Å². The number of hydrogen-bond donors (Lipinski definition) is 1. The molecule has 0 saturated heterocycles. The van der Waals surface area contributed by atoms with Gasteiger partial charge in [-0.05, 0) is 59.5 Å². The van der Waals surface area contributed by atoms with E-state index in [1.807, 2.05) is 61.5 Å². The third-order valence-corrected chi connectivity index (χ3v) is 7.53. The standard InChI is InChI=1S/C31H28FNO3S/c1-4-27(23-16-18-25(36-3)19-17-23)30(24-10-6-5-7-11-24)31(28-12-8-9-13-29(28)32)33-37(34,35)26-20-14-22(2)15-21-26/h4-21,31,33H,1H2,2-3H3/b30-27-/t31-/m1/s1. The molecule has 4 aromatic rings. The normalized spacial score (nSPS) is 12.9. The number of ether oxygens (including phenoxy) is 1. The predicted molar refractivity (Wildman–Crippen MR) is 147 cm³/mol. The molecule has 0 amide bonds. The number of rotatable bonds is 9. The zero-order chi connectivity index (χ0) is 26.4. The highest BCUT2D eigenvalue weighted by molar-refractivity contribution is 7.89. The maximum Gasteiger partial charge on any atom is 0.241 e. The summed E-state index contributed by atoms with van der Waals surface area (Å²) in [5.74, 6) is 0.157. The Labute approximate surface area is 217 Å². The second-order valence-corrected chi connectivity index (χ2v) is 10.2. The third kappa shape index (κ3) is 5.88. The van der Waals surface area contributed by atoms with E-state index in [1.165, 1.54) is 6.07 Å². The molecule has 0 aromatic heterocycles. The molecular formula is C31H28FNO3S. The van der Waals surface area contributed by atoms with Crippen LogP contribution in [0, 0.1) is 12.7 Å². The highest BCUT2D eigenvalue weighted by Gasteiger charge is 2.29. The van der Waals surface area contributed by atoms with Crippen molar-refractivity contribution in [1.29, 1.82) is 0 Å². The van der Waals surface area contributed by atoms with Gasteiger partial charge in [-0.15, -0.1) is 0 Å².